The second-order valence-corrected chi connectivity index (χ2v) is 4.59. The van der Waals surface area contributed by atoms with Crippen LogP contribution in [0.5, 0.6) is 0 Å². The van der Waals surface area contributed by atoms with Crippen LogP contribution in [0.25, 0.3) is 11.1 Å². The number of hydrogen-bond donors (Lipinski definition) is 0. The van der Waals surface area contributed by atoms with Crippen LogP contribution >= 0.6 is 0 Å². The van der Waals surface area contributed by atoms with Crippen LogP contribution in [0.2, 0.25) is 0 Å². The van der Waals surface area contributed by atoms with E-state index in [9.17, 15) is 9.18 Å². The molecule has 1 heterocycles. The van der Waals surface area contributed by atoms with Gasteiger partial charge in [-0.2, -0.15) is 0 Å². The van der Waals surface area contributed by atoms with Gasteiger partial charge in [0.25, 0.3) is 0 Å². The first-order valence-corrected chi connectivity index (χ1v) is 6.38. The van der Waals surface area contributed by atoms with Gasteiger partial charge in [0.05, 0.1) is 0 Å². The summed E-state index contributed by atoms with van der Waals surface area (Å²) in [5, 5.41) is 0. The number of hydrogen-bond acceptors (Lipinski definition) is 2. The fourth-order valence-electron chi connectivity index (χ4n) is 1.83. The van der Waals surface area contributed by atoms with E-state index in [4.69, 9.17) is 0 Å². The molecular formula is C16H16FNO. The first-order chi connectivity index (χ1) is 9.13. The van der Waals surface area contributed by atoms with Gasteiger partial charge in [-0.1, -0.05) is 44.2 Å². The first-order valence-electron chi connectivity index (χ1n) is 6.38. The molecule has 1 aromatic carbocycles. The Bertz CT molecular complexity index is 581. The number of nitrogens with zero attached hydrogens (tertiary/aromatic N) is 1. The lowest BCUT2D eigenvalue weighted by molar-refractivity contribution is 0.0917. The maximum absolute atomic E-state index is 14.0. The van der Waals surface area contributed by atoms with Gasteiger partial charge in [0, 0.05) is 17.7 Å². The molecule has 0 bridgehead atoms. The molecule has 2 nitrogen and oxygen atoms in total. The highest BCUT2D eigenvalue weighted by Crippen LogP contribution is 2.21. The lowest BCUT2D eigenvalue weighted by atomic mass is 9.99. The molecule has 0 N–H and O–H groups in total. The van der Waals surface area contributed by atoms with Crippen molar-refractivity contribution in [3.63, 3.8) is 0 Å². The van der Waals surface area contributed by atoms with Gasteiger partial charge < -0.3 is 0 Å². The summed E-state index contributed by atoms with van der Waals surface area (Å²) >= 11 is 0. The lowest BCUT2D eigenvalue weighted by Crippen LogP contribution is -2.14. The van der Waals surface area contributed by atoms with Crippen LogP contribution in [-0.2, 0) is 0 Å². The molecule has 1 aromatic heterocycles. The monoisotopic (exact) mass is 257 g/mol. The van der Waals surface area contributed by atoms with Gasteiger partial charge in [0.15, 0.2) is 11.6 Å². The minimum atomic E-state index is -0.549. The van der Waals surface area contributed by atoms with Gasteiger partial charge in [-0.3, -0.25) is 4.79 Å². The molecule has 0 fully saturated rings. The van der Waals surface area contributed by atoms with Crippen LogP contribution in [0.1, 0.15) is 30.8 Å². The second-order valence-electron chi connectivity index (χ2n) is 4.59. The average Bonchev–Trinajstić information content (AvgIpc) is 2.46. The van der Waals surface area contributed by atoms with Crippen LogP contribution in [0.4, 0.5) is 4.39 Å². The predicted octanol–water partition coefficient (Wildman–Crippen LogP) is 4.12. The molecule has 0 radical (unpaired) electrons. The van der Waals surface area contributed by atoms with Gasteiger partial charge in [-0.15, -0.1) is 0 Å². The van der Waals surface area contributed by atoms with E-state index in [1.165, 1.54) is 6.07 Å². The summed E-state index contributed by atoms with van der Waals surface area (Å²) < 4.78 is 14.0. The third-order valence-electron chi connectivity index (χ3n) is 3.24. The number of carbonyl (C=O) groups is 1. The zero-order chi connectivity index (χ0) is 13.8. The van der Waals surface area contributed by atoms with E-state index in [2.05, 4.69) is 4.98 Å². The molecule has 1 atom stereocenters. The summed E-state index contributed by atoms with van der Waals surface area (Å²) in [6, 6.07) is 10.8. The number of carbonyl (C=O) groups excluding carboxylic acids is 1. The Labute approximate surface area is 112 Å². The van der Waals surface area contributed by atoms with Gasteiger partial charge in [0.1, 0.15) is 5.69 Å². The molecule has 0 aliphatic heterocycles. The lowest BCUT2D eigenvalue weighted by Gasteiger charge is -2.08. The molecule has 2 rings (SSSR count). The summed E-state index contributed by atoms with van der Waals surface area (Å²) in [6.07, 6.45) is 2.23. The molecule has 0 saturated heterocycles. The smallest absolute Gasteiger partial charge is 0.186 e. The van der Waals surface area contributed by atoms with Crippen LogP contribution < -0.4 is 0 Å². The van der Waals surface area contributed by atoms with E-state index in [0.717, 1.165) is 5.56 Å². The Balaban J connectivity index is 2.35. The number of benzene rings is 1. The highest BCUT2D eigenvalue weighted by Gasteiger charge is 2.19. The highest BCUT2D eigenvalue weighted by atomic mass is 19.1. The van der Waals surface area contributed by atoms with Crippen LogP contribution in [-0.4, -0.2) is 10.8 Å². The van der Waals surface area contributed by atoms with E-state index >= 15 is 0 Å². The number of pyridine rings is 1. The maximum atomic E-state index is 14.0. The van der Waals surface area contributed by atoms with E-state index in [1.54, 1.807) is 13.1 Å². The number of rotatable bonds is 4. The summed E-state index contributed by atoms with van der Waals surface area (Å²) in [5.74, 6) is -0.990. The molecule has 1 unspecified atom stereocenters. The fourth-order valence-corrected chi connectivity index (χ4v) is 1.83. The molecule has 0 spiro atoms. The summed E-state index contributed by atoms with van der Waals surface area (Å²) in [6.45, 7) is 3.69. The number of ketones is 1. The SMILES string of the molecule is CCC(C)C(=O)c1ncc(-c2ccccc2)cc1F. The van der Waals surface area contributed by atoms with E-state index in [0.29, 0.717) is 12.0 Å². The summed E-state index contributed by atoms with van der Waals surface area (Å²) in [7, 11) is 0. The molecular weight excluding hydrogens is 241 g/mol. The molecule has 3 heteroatoms. The maximum Gasteiger partial charge on any atom is 0.186 e. The summed E-state index contributed by atoms with van der Waals surface area (Å²) in [5.41, 5.74) is 1.50. The van der Waals surface area contributed by atoms with Crippen molar-refractivity contribution in [3.8, 4) is 11.1 Å². The molecule has 0 aliphatic rings. The molecule has 2 aromatic rings. The van der Waals surface area contributed by atoms with E-state index < -0.39 is 5.82 Å². The Morgan fingerprint density at radius 1 is 1.26 bits per heavy atom. The molecule has 0 aliphatic carbocycles. The van der Waals surface area contributed by atoms with Crippen molar-refractivity contribution >= 4 is 5.78 Å². The molecule has 0 saturated carbocycles. The summed E-state index contributed by atoms with van der Waals surface area (Å²) in [4.78, 5) is 15.9. The normalized spacial score (nSPS) is 12.2. The first kappa shape index (κ1) is 13.4. The Kier molecular flexibility index (Phi) is 4.05. The van der Waals surface area contributed by atoms with Crippen molar-refractivity contribution in [1.29, 1.82) is 0 Å². The predicted molar refractivity (Wildman–Crippen MR) is 73.4 cm³/mol. The zero-order valence-electron chi connectivity index (χ0n) is 11.1. The highest BCUT2D eigenvalue weighted by molar-refractivity contribution is 5.96. The number of Topliss-reactive ketones (excluding diaryl/α,β-unsaturated/α-hetero) is 1. The Morgan fingerprint density at radius 3 is 2.53 bits per heavy atom. The number of halogens is 1. The van der Waals surface area contributed by atoms with Crippen molar-refractivity contribution < 1.29 is 9.18 Å². The Morgan fingerprint density at radius 2 is 1.95 bits per heavy atom. The minimum absolute atomic E-state index is 0.0611. The van der Waals surface area contributed by atoms with Crippen LogP contribution in [0.15, 0.2) is 42.6 Å². The van der Waals surface area contributed by atoms with E-state index in [-0.39, 0.29) is 17.4 Å². The van der Waals surface area contributed by atoms with Gasteiger partial charge in [0.2, 0.25) is 0 Å². The van der Waals surface area contributed by atoms with Gasteiger partial charge in [-0.05, 0) is 18.1 Å². The van der Waals surface area contributed by atoms with Crippen molar-refractivity contribution in [2.75, 3.05) is 0 Å². The zero-order valence-corrected chi connectivity index (χ0v) is 11.1. The number of aromatic nitrogens is 1. The molecule has 19 heavy (non-hydrogen) atoms. The average molecular weight is 257 g/mol. The molecule has 0 amide bonds. The standard InChI is InChI=1S/C16H16FNO/c1-3-11(2)16(19)15-14(17)9-13(10-18-15)12-7-5-4-6-8-12/h4-11H,3H2,1-2H3. The van der Waals surface area contributed by atoms with Gasteiger partial charge in [-0.25, -0.2) is 9.37 Å². The third-order valence-corrected chi connectivity index (χ3v) is 3.24. The topological polar surface area (TPSA) is 30.0 Å². The molecule has 98 valence electrons. The van der Waals surface area contributed by atoms with Crippen molar-refractivity contribution in [2.45, 2.75) is 20.3 Å². The minimum Gasteiger partial charge on any atom is -0.292 e. The third kappa shape index (κ3) is 2.87. The second kappa shape index (κ2) is 5.74. The van der Waals surface area contributed by atoms with Crippen LogP contribution in [0, 0.1) is 11.7 Å². The van der Waals surface area contributed by atoms with Crippen molar-refractivity contribution in [1.82, 2.24) is 4.98 Å². The van der Waals surface area contributed by atoms with E-state index in [1.807, 2.05) is 37.3 Å². The van der Waals surface area contributed by atoms with Crippen molar-refractivity contribution in [2.24, 2.45) is 5.92 Å². The quantitative estimate of drug-likeness (QED) is 0.771. The Hall–Kier alpha value is -2.03. The van der Waals surface area contributed by atoms with Gasteiger partial charge >= 0.3 is 0 Å². The fraction of sp³-hybridized carbons (Fsp3) is 0.250. The largest absolute Gasteiger partial charge is 0.292 e. The van der Waals surface area contributed by atoms with Crippen molar-refractivity contribution in [3.05, 3.63) is 54.1 Å². The van der Waals surface area contributed by atoms with Crippen LogP contribution in [0.3, 0.4) is 0 Å².